The van der Waals surface area contributed by atoms with E-state index in [1.165, 1.54) is 0 Å². The molecule has 1 rings (SSSR count). The number of nitrogens with one attached hydrogen (secondary N) is 1. The zero-order valence-electron chi connectivity index (χ0n) is 10.5. The van der Waals surface area contributed by atoms with Gasteiger partial charge < -0.3 is 5.32 Å². The molecule has 0 spiro atoms. The molecule has 17 heavy (non-hydrogen) atoms. The number of hydrogen-bond acceptors (Lipinski definition) is 2. The lowest BCUT2D eigenvalue weighted by Crippen LogP contribution is -2.43. The van der Waals surface area contributed by atoms with Crippen LogP contribution < -0.4 is 5.32 Å². The molecule has 1 N–H and O–H groups in total. The zero-order chi connectivity index (χ0) is 12.9. The fraction of sp³-hybridized carbons (Fsp3) is 1.00. The second-order valence-corrected chi connectivity index (χ2v) is 5.73. The molecule has 0 bridgehead atoms. The Labute approximate surface area is 106 Å². The summed E-state index contributed by atoms with van der Waals surface area (Å²) in [4.78, 5) is 0. The van der Waals surface area contributed by atoms with Gasteiger partial charge in [0.1, 0.15) is 0 Å². The van der Waals surface area contributed by atoms with Crippen molar-refractivity contribution in [1.82, 2.24) is 5.32 Å². The van der Waals surface area contributed by atoms with Crippen molar-refractivity contribution in [2.45, 2.75) is 57.3 Å². The van der Waals surface area contributed by atoms with Gasteiger partial charge in [-0.15, -0.1) is 0 Å². The first kappa shape index (κ1) is 15.2. The molecule has 1 atom stereocenters. The fourth-order valence-electron chi connectivity index (χ4n) is 2.41. The minimum atomic E-state index is -3.99. The fourth-order valence-corrected chi connectivity index (χ4v) is 3.14. The van der Waals surface area contributed by atoms with E-state index in [0.717, 1.165) is 12.2 Å². The summed E-state index contributed by atoms with van der Waals surface area (Å²) in [6, 6.07) is 0.725. The molecule has 0 aliphatic heterocycles. The topological polar surface area (TPSA) is 12.0 Å². The summed E-state index contributed by atoms with van der Waals surface area (Å²) in [5, 5.41) is 3.49. The quantitative estimate of drug-likeness (QED) is 0.814. The van der Waals surface area contributed by atoms with Gasteiger partial charge in [-0.1, -0.05) is 6.92 Å². The molecular weight excluding hydrogens is 247 g/mol. The van der Waals surface area contributed by atoms with Crippen molar-refractivity contribution in [2.75, 3.05) is 12.0 Å². The zero-order valence-corrected chi connectivity index (χ0v) is 11.3. The van der Waals surface area contributed by atoms with Crippen LogP contribution in [0.5, 0.6) is 0 Å². The van der Waals surface area contributed by atoms with Crippen LogP contribution in [-0.4, -0.2) is 30.3 Å². The molecule has 0 aromatic carbocycles. The average molecular weight is 269 g/mol. The van der Waals surface area contributed by atoms with Crippen molar-refractivity contribution in [3.63, 3.8) is 0 Å². The van der Waals surface area contributed by atoms with Crippen molar-refractivity contribution in [3.05, 3.63) is 0 Å². The molecule has 0 radical (unpaired) electrons. The minimum Gasteiger partial charge on any atom is -0.310 e. The van der Waals surface area contributed by atoms with Gasteiger partial charge in [0.05, 0.1) is 5.92 Å². The minimum absolute atomic E-state index is 0.283. The monoisotopic (exact) mass is 269 g/mol. The summed E-state index contributed by atoms with van der Waals surface area (Å²) < 4.78 is 37.5. The first-order valence-corrected chi connectivity index (χ1v) is 7.68. The van der Waals surface area contributed by atoms with Gasteiger partial charge in [-0.3, -0.25) is 0 Å². The summed E-state index contributed by atoms with van der Waals surface area (Å²) >= 11 is 1.79. The second-order valence-electron chi connectivity index (χ2n) is 4.82. The summed E-state index contributed by atoms with van der Waals surface area (Å²) in [6.07, 6.45) is 1.01. The predicted molar refractivity (Wildman–Crippen MR) is 67.4 cm³/mol. The maximum absolute atomic E-state index is 12.5. The van der Waals surface area contributed by atoms with E-state index in [9.17, 15) is 13.2 Å². The lowest BCUT2D eigenvalue weighted by Gasteiger charge is -2.32. The summed E-state index contributed by atoms with van der Waals surface area (Å²) in [7, 11) is 0. The molecule has 1 fully saturated rings. The highest BCUT2D eigenvalue weighted by atomic mass is 32.2. The molecule has 1 nitrogen and oxygen atoms in total. The van der Waals surface area contributed by atoms with E-state index in [-0.39, 0.29) is 18.9 Å². The van der Waals surface area contributed by atoms with Gasteiger partial charge in [0.15, 0.2) is 0 Å². The number of hydrogen-bond donors (Lipinski definition) is 1. The molecule has 1 saturated carbocycles. The Hall–Kier alpha value is 0.100. The van der Waals surface area contributed by atoms with E-state index in [0.29, 0.717) is 18.9 Å². The van der Waals surface area contributed by atoms with Crippen LogP contribution in [0.4, 0.5) is 13.2 Å². The first-order valence-electron chi connectivity index (χ1n) is 6.29. The number of rotatable bonds is 5. The summed E-state index contributed by atoms with van der Waals surface area (Å²) in [6.45, 7) is 2.12. The van der Waals surface area contributed by atoms with Crippen molar-refractivity contribution in [1.29, 1.82) is 0 Å². The third-order valence-electron chi connectivity index (χ3n) is 3.52. The van der Waals surface area contributed by atoms with Crippen molar-refractivity contribution in [2.24, 2.45) is 5.92 Å². The molecule has 0 aromatic rings. The molecule has 1 aliphatic carbocycles. The van der Waals surface area contributed by atoms with Gasteiger partial charge in [-0.05, 0) is 38.4 Å². The molecule has 1 unspecified atom stereocenters. The van der Waals surface area contributed by atoms with Gasteiger partial charge in [0, 0.05) is 17.8 Å². The normalized spacial score (nSPS) is 28.1. The van der Waals surface area contributed by atoms with Crippen LogP contribution in [0.15, 0.2) is 0 Å². The van der Waals surface area contributed by atoms with E-state index in [1.54, 1.807) is 11.8 Å². The first-order chi connectivity index (χ1) is 7.97. The number of thioether (sulfide) groups is 1. The third kappa shape index (κ3) is 5.08. The summed E-state index contributed by atoms with van der Waals surface area (Å²) in [5.41, 5.74) is 0. The van der Waals surface area contributed by atoms with Crippen LogP contribution in [0, 0.1) is 5.92 Å². The highest BCUT2D eigenvalue weighted by molar-refractivity contribution is 7.98. The molecular formula is C12H22F3NS. The number of alkyl halides is 3. The van der Waals surface area contributed by atoms with E-state index in [1.807, 2.05) is 0 Å². The van der Waals surface area contributed by atoms with E-state index in [2.05, 4.69) is 18.5 Å². The van der Waals surface area contributed by atoms with Crippen molar-refractivity contribution >= 4 is 11.8 Å². The molecule has 0 saturated heterocycles. The van der Waals surface area contributed by atoms with Crippen molar-refractivity contribution < 1.29 is 13.2 Å². The molecule has 0 amide bonds. The Morgan fingerprint density at radius 3 is 2.24 bits per heavy atom. The highest BCUT2D eigenvalue weighted by Crippen LogP contribution is 2.37. The maximum Gasteiger partial charge on any atom is 0.391 e. The average Bonchev–Trinajstić information content (AvgIpc) is 2.28. The van der Waals surface area contributed by atoms with E-state index < -0.39 is 12.1 Å². The van der Waals surface area contributed by atoms with Crippen molar-refractivity contribution in [3.8, 4) is 0 Å². The van der Waals surface area contributed by atoms with Gasteiger partial charge in [-0.2, -0.15) is 24.9 Å². The van der Waals surface area contributed by atoms with Crippen LogP contribution in [0.3, 0.4) is 0 Å². The highest BCUT2D eigenvalue weighted by Gasteiger charge is 2.41. The number of halogens is 3. The van der Waals surface area contributed by atoms with E-state index >= 15 is 0 Å². The maximum atomic E-state index is 12.5. The molecule has 102 valence electrons. The van der Waals surface area contributed by atoms with Crippen LogP contribution >= 0.6 is 11.8 Å². The molecule has 1 aliphatic rings. The SMILES string of the molecule is CCC(CSC)NC1CCC(C(F)(F)F)CC1. The van der Waals surface area contributed by atoms with Crippen LogP contribution in [0.2, 0.25) is 0 Å². The Morgan fingerprint density at radius 2 is 1.82 bits per heavy atom. The van der Waals surface area contributed by atoms with Gasteiger partial charge in [-0.25, -0.2) is 0 Å². The van der Waals surface area contributed by atoms with Crippen LogP contribution in [-0.2, 0) is 0 Å². The Balaban J connectivity index is 2.31. The van der Waals surface area contributed by atoms with E-state index in [4.69, 9.17) is 0 Å². The Bertz CT molecular complexity index is 212. The lowest BCUT2D eigenvalue weighted by atomic mass is 9.85. The summed E-state index contributed by atoms with van der Waals surface area (Å²) in [5.74, 6) is -0.0310. The van der Waals surface area contributed by atoms with Crippen LogP contribution in [0.1, 0.15) is 39.0 Å². The van der Waals surface area contributed by atoms with Crippen LogP contribution in [0.25, 0.3) is 0 Å². The van der Waals surface area contributed by atoms with Gasteiger partial charge >= 0.3 is 6.18 Å². The van der Waals surface area contributed by atoms with Gasteiger partial charge in [0.25, 0.3) is 0 Å². The Morgan fingerprint density at radius 1 is 1.24 bits per heavy atom. The standard InChI is InChI=1S/C12H22F3NS/c1-3-10(8-17-2)16-11-6-4-9(5-7-11)12(13,14)15/h9-11,16H,3-8H2,1-2H3. The Kier molecular flexibility index (Phi) is 6.13. The second kappa shape index (κ2) is 6.88. The largest absolute Gasteiger partial charge is 0.391 e. The van der Waals surface area contributed by atoms with Gasteiger partial charge in [0.2, 0.25) is 0 Å². The third-order valence-corrected chi connectivity index (χ3v) is 4.26. The smallest absolute Gasteiger partial charge is 0.310 e. The molecule has 5 heteroatoms. The predicted octanol–water partition coefficient (Wildman–Crippen LogP) is 3.84. The molecule has 0 heterocycles. The lowest BCUT2D eigenvalue weighted by molar-refractivity contribution is -0.182. The molecule has 0 aromatic heterocycles.